The highest BCUT2D eigenvalue weighted by atomic mass is 32.2. The number of carbonyl (C=O) groups is 6. The van der Waals surface area contributed by atoms with Crippen LogP contribution in [0.5, 0.6) is 0 Å². The van der Waals surface area contributed by atoms with Gasteiger partial charge < -0.3 is 42.6 Å². The topological polar surface area (TPSA) is 185 Å². The molecule has 0 aromatic heterocycles. The first kappa shape index (κ1) is 42.8. The zero-order valence-electron chi connectivity index (χ0n) is 31.9. The molecular formula is C41H44O15S. The second-order valence-electron chi connectivity index (χ2n) is 13.0. The molecule has 3 aromatic carbocycles. The molecule has 0 N–H and O–H groups in total. The Bertz CT molecular complexity index is 1840. The maximum absolute atomic E-state index is 13.8. The molecule has 57 heavy (non-hydrogen) atoms. The van der Waals surface area contributed by atoms with Gasteiger partial charge in [-0.15, -0.1) is 11.8 Å². The van der Waals surface area contributed by atoms with Crippen LogP contribution in [-0.4, -0.2) is 109 Å². The first-order valence-corrected chi connectivity index (χ1v) is 19.2. The summed E-state index contributed by atoms with van der Waals surface area (Å²) in [6.07, 6.45) is -11.9. The number of ether oxygens (including phenoxy) is 9. The lowest BCUT2D eigenvalue weighted by atomic mass is 9.97. The van der Waals surface area contributed by atoms with Gasteiger partial charge in [-0.25, -0.2) is 14.4 Å². The van der Waals surface area contributed by atoms with E-state index in [4.69, 9.17) is 42.6 Å². The zero-order chi connectivity index (χ0) is 41.1. The molecule has 15 nitrogen and oxygen atoms in total. The average Bonchev–Trinajstić information content (AvgIpc) is 3.19. The highest BCUT2D eigenvalue weighted by molar-refractivity contribution is 7.99. The van der Waals surface area contributed by atoms with E-state index in [0.717, 1.165) is 20.8 Å². The van der Waals surface area contributed by atoms with Gasteiger partial charge in [-0.05, 0) is 49.1 Å². The van der Waals surface area contributed by atoms with Crippen LogP contribution in [0.15, 0.2) is 91.0 Å². The Kier molecular flexibility index (Phi) is 15.2. The summed E-state index contributed by atoms with van der Waals surface area (Å²) in [6, 6.07) is 24.3. The van der Waals surface area contributed by atoms with Gasteiger partial charge in [-0.2, -0.15) is 0 Å². The second-order valence-corrected chi connectivity index (χ2v) is 14.3. The predicted molar refractivity (Wildman–Crippen MR) is 201 cm³/mol. The molecule has 304 valence electrons. The molecule has 5 rings (SSSR count). The van der Waals surface area contributed by atoms with E-state index < -0.39 is 103 Å². The third-order valence-corrected chi connectivity index (χ3v) is 9.78. The fourth-order valence-corrected chi connectivity index (χ4v) is 7.25. The highest BCUT2D eigenvalue weighted by Crippen LogP contribution is 2.37. The number of hydrogen-bond donors (Lipinski definition) is 0. The van der Waals surface area contributed by atoms with Crippen molar-refractivity contribution in [2.75, 3.05) is 12.4 Å². The number of benzene rings is 3. The summed E-state index contributed by atoms with van der Waals surface area (Å²) in [7, 11) is 0. The van der Waals surface area contributed by atoms with E-state index in [1.54, 1.807) is 73.7 Å². The molecule has 10 unspecified atom stereocenters. The lowest BCUT2D eigenvalue weighted by molar-refractivity contribution is -0.310. The summed E-state index contributed by atoms with van der Waals surface area (Å²) in [5, 5.41) is 0. The Morgan fingerprint density at radius 2 is 0.930 bits per heavy atom. The summed E-state index contributed by atoms with van der Waals surface area (Å²) >= 11 is 1.24. The van der Waals surface area contributed by atoms with Gasteiger partial charge in [0.1, 0.15) is 11.5 Å². The predicted octanol–water partition coefficient (Wildman–Crippen LogP) is 4.70. The largest absolute Gasteiger partial charge is 0.456 e. The summed E-state index contributed by atoms with van der Waals surface area (Å²) in [6.45, 7) is 6.35. The molecule has 0 bridgehead atoms. The fraction of sp³-hybridized carbons (Fsp3) is 0.415. The smallest absolute Gasteiger partial charge is 0.338 e. The van der Waals surface area contributed by atoms with E-state index in [9.17, 15) is 28.8 Å². The second kappa shape index (κ2) is 20.2. The Morgan fingerprint density at radius 3 is 1.39 bits per heavy atom. The van der Waals surface area contributed by atoms with Crippen molar-refractivity contribution in [2.24, 2.45) is 0 Å². The van der Waals surface area contributed by atoms with E-state index in [0.29, 0.717) is 5.75 Å². The SMILES string of the molecule is CCSC1OC(COC2OC(C)C(OC(C)=O)C(OC(C)=O)C2OC(C)=O)C(OC(=O)c2ccccc2)C(OC(=O)c2ccccc2)C1OC(=O)c1ccccc1. The van der Waals surface area contributed by atoms with Crippen molar-refractivity contribution >= 4 is 47.6 Å². The highest BCUT2D eigenvalue weighted by Gasteiger charge is 2.55. The van der Waals surface area contributed by atoms with Crippen LogP contribution in [0, 0.1) is 0 Å². The van der Waals surface area contributed by atoms with Crippen LogP contribution in [0.2, 0.25) is 0 Å². The van der Waals surface area contributed by atoms with Gasteiger partial charge in [0, 0.05) is 20.8 Å². The van der Waals surface area contributed by atoms with Crippen molar-refractivity contribution in [1.82, 2.24) is 0 Å². The van der Waals surface area contributed by atoms with Crippen molar-refractivity contribution in [3.05, 3.63) is 108 Å². The third kappa shape index (κ3) is 11.4. The summed E-state index contributed by atoms with van der Waals surface area (Å²) in [5.74, 6) is -4.17. The van der Waals surface area contributed by atoms with Crippen LogP contribution >= 0.6 is 11.8 Å². The lowest BCUT2D eigenvalue weighted by Crippen LogP contribution is -2.63. The van der Waals surface area contributed by atoms with Crippen molar-refractivity contribution in [3.8, 4) is 0 Å². The normalized spacial score (nSPS) is 26.9. The minimum atomic E-state index is -1.49. The number of thioether (sulfide) groups is 1. The molecule has 0 aliphatic carbocycles. The van der Waals surface area contributed by atoms with Crippen LogP contribution in [0.3, 0.4) is 0 Å². The molecule has 2 saturated heterocycles. The monoisotopic (exact) mass is 808 g/mol. The Balaban J connectivity index is 1.54. The molecular weight excluding hydrogens is 765 g/mol. The minimum absolute atomic E-state index is 0.160. The molecule has 2 heterocycles. The summed E-state index contributed by atoms with van der Waals surface area (Å²) in [4.78, 5) is 77.8. The summed E-state index contributed by atoms with van der Waals surface area (Å²) in [5.41, 5.74) is -0.462. The zero-order valence-corrected chi connectivity index (χ0v) is 32.7. The molecule has 2 aliphatic rings. The molecule has 0 spiro atoms. The number of esters is 6. The van der Waals surface area contributed by atoms with Crippen molar-refractivity contribution in [1.29, 1.82) is 0 Å². The van der Waals surface area contributed by atoms with Gasteiger partial charge in [-0.3, -0.25) is 14.4 Å². The Morgan fingerprint density at radius 1 is 0.526 bits per heavy atom. The summed E-state index contributed by atoms with van der Waals surface area (Å²) < 4.78 is 53.5. The van der Waals surface area contributed by atoms with E-state index in [2.05, 4.69) is 0 Å². The standard InChI is InChI=1S/C41H44O15S/c1-6-57-41-36(56-39(47)29-20-14-9-15-21-29)34(55-38(46)28-18-12-8-13-19-28)32(54-37(45)27-16-10-7-11-17-27)30(53-41)22-48-40-35(52-26(5)44)33(51-25(4)43)31(23(2)49-40)50-24(3)42/h7-21,23,30-36,40-41H,6,22H2,1-5H3. The first-order valence-electron chi connectivity index (χ1n) is 18.2. The van der Waals surface area contributed by atoms with Crippen molar-refractivity contribution < 1.29 is 71.4 Å². The van der Waals surface area contributed by atoms with Crippen molar-refractivity contribution in [2.45, 2.75) is 95.2 Å². The number of carbonyl (C=O) groups excluding carboxylic acids is 6. The molecule has 16 heteroatoms. The third-order valence-electron chi connectivity index (χ3n) is 8.74. The molecule has 2 aliphatic heterocycles. The fourth-order valence-electron chi connectivity index (χ4n) is 6.30. The van der Waals surface area contributed by atoms with Gasteiger partial charge in [-0.1, -0.05) is 61.5 Å². The molecule has 2 fully saturated rings. The number of hydrogen-bond acceptors (Lipinski definition) is 16. The van der Waals surface area contributed by atoms with Gasteiger partial charge in [0.15, 0.2) is 42.9 Å². The first-order chi connectivity index (χ1) is 27.4. The molecule has 3 aromatic rings. The van der Waals surface area contributed by atoms with Gasteiger partial charge in [0.2, 0.25) is 0 Å². The maximum atomic E-state index is 13.8. The van der Waals surface area contributed by atoms with Gasteiger partial charge >= 0.3 is 35.8 Å². The van der Waals surface area contributed by atoms with E-state index in [-0.39, 0.29) is 16.7 Å². The molecule has 10 atom stereocenters. The lowest BCUT2D eigenvalue weighted by Gasteiger charge is -2.46. The maximum Gasteiger partial charge on any atom is 0.338 e. The van der Waals surface area contributed by atoms with Crippen LogP contribution in [0.1, 0.15) is 65.7 Å². The number of rotatable bonds is 14. The van der Waals surface area contributed by atoms with Gasteiger partial charge in [0.05, 0.1) is 29.4 Å². The average molecular weight is 809 g/mol. The van der Waals surface area contributed by atoms with Crippen LogP contribution in [0.25, 0.3) is 0 Å². The van der Waals surface area contributed by atoms with E-state index >= 15 is 0 Å². The van der Waals surface area contributed by atoms with Crippen molar-refractivity contribution in [3.63, 3.8) is 0 Å². The minimum Gasteiger partial charge on any atom is -0.456 e. The van der Waals surface area contributed by atoms with Crippen LogP contribution in [0.4, 0.5) is 0 Å². The molecule has 0 radical (unpaired) electrons. The molecule has 0 saturated carbocycles. The van der Waals surface area contributed by atoms with E-state index in [1.165, 1.54) is 36.0 Å². The Hall–Kier alpha value is -5.29. The van der Waals surface area contributed by atoms with Crippen LogP contribution in [-0.2, 0) is 57.0 Å². The van der Waals surface area contributed by atoms with Gasteiger partial charge in [0.25, 0.3) is 0 Å². The quantitative estimate of drug-likeness (QED) is 0.161. The van der Waals surface area contributed by atoms with E-state index in [1.807, 2.05) is 6.92 Å². The Labute approximate surface area is 333 Å². The molecule has 0 amide bonds. The van der Waals surface area contributed by atoms with Crippen LogP contribution < -0.4 is 0 Å².